The van der Waals surface area contributed by atoms with Crippen LogP contribution in [0.1, 0.15) is 45.4 Å². The third kappa shape index (κ3) is 3.34. The van der Waals surface area contributed by atoms with Crippen LogP contribution in [0, 0.1) is 5.92 Å². The highest BCUT2D eigenvalue weighted by Gasteiger charge is 2.51. The highest BCUT2D eigenvalue weighted by atomic mass is 16.5. The number of nitrogens with one attached hydrogen (secondary N) is 1. The first-order valence-electron chi connectivity index (χ1n) is 10.3. The lowest BCUT2D eigenvalue weighted by Gasteiger charge is -2.49. The summed E-state index contributed by atoms with van der Waals surface area (Å²) in [5.41, 5.74) is -0.179. The molecule has 1 N–H and O–H groups in total. The van der Waals surface area contributed by atoms with Gasteiger partial charge in [-0.15, -0.1) is 0 Å². The molecule has 2 saturated heterocycles. The van der Waals surface area contributed by atoms with Gasteiger partial charge in [0.25, 0.3) is 11.8 Å². The Hall–Kier alpha value is -2.22. The average molecular weight is 389 g/mol. The molecule has 3 aliphatic heterocycles. The summed E-state index contributed by atoms with van der Waals surface area (Å²) in [5.74, 6) is -2.23. The van der Waals surface area contributed by atoms with Crippen molar-refractivity contribution < 1.29 is 23.9 Å². The van der Waals surface area contributed by atoms with Crippen molar-refractivity contribution in [3.05, 3.63) is 11.8 Å². The predicted octanol–water partition coefficient (Wildman–Crippen LogP) is 0.366. The van der Waals surface area contributed by atoms with Crippen molar-refractivity contribution >= 4 is 23.4 Å². The molecule has 1 aliphatic carbocycles. The summed E-state index contributed by atoms with van der Waals surface area (Å²) >= 11 is 0. The third-order valence-electron chi connectivity index (χ3n) is 6.35. The van der Waals surface area contributed by atoms with Crippen LogP contribution in [0.5, 0.6) is 0 Å². The van der Waals surface area contributed by atoms with E-state index < -0.39 is 35.7 Å². The van der Waals surface area contributed by atoms with E-state index in [-0.39, 0.29) is 18.2 Å². The molecule has 1 saturated carbocycles. The molecule has 1 unspecified atom stereocenters. The monoisotopic (exact) mass is 389 g/mol. The molecule has 8 nitrogen and oxygen atoms in total. The summed E-state index contributed by atoms with van der Waals surface area (Å²) in [6, 6.07) is -1.22. The molecular weight excluding hydrogens is 362 g/mol. The molecule has 8 heteroatoms. The van der Waals surface area contributed by atoms with Crippen LogP contribution in [-0.2, 0) is 23.9 Å². The molecule has 0 aromatic heterocycles. The number of nitrogens with zero attached hydrogens (tertiary/aromatic N) is 2. The number of amides is 2. The van der Waals surface area contributed by atoms with E-state index in [0.717, 1.165) is 25.7 Å². The molecule has 2 amide bonds. The molecule has 0 aromatic rings. The van der Waals surface area contributed by atoms with Crippen molar-refractivity contribution in [3.63, 3.8) is 0 Å². The van der Waals surface area contributed by atoms with Gasteiger partial charge in [-0.05, 0) is 32.1 Å². The smallest absolute Gasteiger partial charge is 0.256 e. The van der Waals surface area contributed by atoms with E-state index in [1.54, 1.807) is 4.90 Å². The summed E-state index contributed by atoms with van der Waals surface area (Å²) in [7, 11) is 0. The lowest BCUT2D eigenvalue weighted by molar-refractivity contribution is -0.185. The molecular formula is C20H27N3O5. The maximum absolute atomic E-state index is 12.9. The Labute approximate surface area is 164 Å². The van der Waals surface area contributed by atoms with Crippen LogP contribution in [0.25, 0.3) is 0 Å². The molecule has 4 aliphatic rings. The van der Waals surface area contributed by atoms with Crippen LogP contribution in [-0.4, -0.2) is 71.2 Å². The predicted molar refractivity (Wildman–Crippen MR) is 98.8 cm³/mol. The molecule has 3 heterocycles. The Morgan fingerprint density at radius 2 is 1.93 bits per heavy atom. The number of fused-ring (bicyclic) bond motifs is 2. The minimum absolute atomic E-state index is 0.0412. The van der Waals surface area contributed by atoms with Gasteiger partial charge in [0.15, 0.2) is 6.04 Å². The van der Waals surface area contributed by atoms with E-state index in [2.05, 4.69) is 5.32 Å². The van der Waals surface area contributed by atoms with Gasteiger partial charge in [0.1, 0.15) is 11.8 Å². The minimum Gasteiger partial charge on any atom is -0.356 e. The van der Waals surface area contributed by atoms with E-state index in [9.17, 15) is 19.2 Å². The summed E-state index contributed by atoms with van der Waals surface area (Å²) in [4.78, 5) is 53.7. The van der Waals surface area contributed by atoms with Gasteiger partial charge >= 0.3 is 0 Å². The average Bonchev–Trinajstić information content (AvgIpc) is 2.69. The number of hydrogen-bond acceptors (Lipinski definition) is 6. The fraction of sp³-hybridized carbons (Fsp3) is 0.700. The maximum Gasteiger partial charge on any atom is 0.256 e. The molecule has 0 bridgehead atoms. The van der Waals surface area contributed by atoms with Gasteiger partial charge in [0.05, 0.1) is 13.2 Å². The van der Waals surface area contributed by atoms with Crippen molar-refractivity contribution in [3.8, 4) is 0 Å². The van der Waals surface area contributed by atoms with E-state index in [1.165, 1.54) is 17.5 Å². The molecule has 0 radical (unpaired) electrons. The molecule has 3 fully saturated rings. The van der Waals surface area contributed by atoms with Gasteiger partial charge in [-0.1, -0.05) is 19.3 Å². The molecule has 0 spiro atoms. The van der Waals surface area contributed by atoms with Crippen molar-refractivity contribution in [2.24, 2.45) is 5.92 Å². The second kappa shape index (κ2) is 7.66. The Balaban J connectivity index is 1.50. The zero-order chi connectivity index (χ0) is 19.8. The van der Waals surface area contributed by atoms with Crippen LogP contribution in [0.15, 0.2) is 11.8 Å². The van der Waals surface area contributed by atoms with Gasteiger partial charge in [0, 0.05) is 18.8 Å². The van der Waals surface area contributed by atoms with Crippen molar-refractivity contribution in [2.45, 2.75) is 63.8 Å². The fourth-order valence-electron chi connectivity index (χ4n) is 4.70. The van der Waals surface area contributed by atoms with Crippen LogP contribution in [0.2, 0.25) is 0 Å². The minimum atomic E-state index is -1.18. The molecule has 152 valence electrons. The number of piperazine rings is 1. The molecule has 28 heavy (non-hydrogen) atoms. The van der Waals surface area contributed by atoms with Crippen molar-refractivity contribution in [1.82, 2.24) is 15.1 Å². The normalized spacial score (nSPS) is 31.2. The van der Waals surface area contributed by atoms with Gasteiger partial charge < -0.3 is 19.9 Å². The second-order valence-electron chi connectivity index (χ2n) is 8.26. The standard InChI is InChI=1S/C20H27N3O5/c1-12-7-8-28-15-11-22-10-14(17(24)18(25)16(22)20(27)23(12)15)19(26)21-9-13-5-3-2-4-6-13/h10,12-13,15-16H,2-9,11H2,1H3,(H,21,26)/t12-,15+,16?/m1/s1. The molecule has 0 aromatic carbocycles. The van der Waals surface area contributed by atoms with E-state index >= 15 is 0 Å². The quantitative estimate of drug-likeness (QED) is 0.426. The Morgan fingerprint density at radius 1 is 1.18 bits per heavy atom. The number of Topliss-reactive ketones (excluding diaryl/α,β-unsaturated/α-hetero) is 2. The lowest BCUT2D eigenvalue weighted by atomic mass is 9.89. The lowest BCUT2D eigenvalue weighted by Crippen LogP contribution is -2.69. The molecule has 4 rings (SSSR count). The van der Waals surface area contributed by atoms with Crippen LogP contribution >= 0.6 is 0 Å². The van der Waals surface area contributed by atoms with E-state index in [4.69, 9.17) is 4.74 Å². The highest BCUT2D eigenvalue weighted by molar-refractivity contribution is 6.53. The maximum atomic E-state index is 12.9. The number of ether oxygens (including phenoxy) is 1. The number of carbonyl (C=O) groups is 4. The van der Waals surface area contributed by atoms with Crippen LogP contribution in [0.3, 0.4) is 0 Å². The number of hydrogen-bond donors (Lipinski definition) is 1. The number of carbonyl (C=O) groups excluding carboxylic acids is 4. The van der Waals surface area contributed by atoms with Crippen LogP contribution in [0.4, 0.5) is 0 Å². The Morgan fingerprint density at radius 3 is 2.68 bits per heavy atom. The van der Waals surface area contributed by atoms with Gasteiger partial charge in [-0.3, -0.25) is 19.2 Å². The fourth-order valence-corrected chi connectivity index (χ4v) is 4.70. The SMILES string of the molecule is C[C@@H]1CCO[C@H]2CN3C=C(C(=O)NCC4CCCCC4)C(=O)C(=O)C3C(=O)N12. The zero-order valence-corrected chi connectivity index (χ0v) is 16.2. The summed E-state index contributed by atoms with van der Waals surface area (Å²) < 4.78 is 5.69. The number of ketones is 2. The summed E-state index contributed by atoms with van der Waals surface area (Å²) in [6.45, 7) is 3.24. The Kier molecular flexibility index (Phi) is 5.23. The van der Waals surface area contributed by atoms with Crippen LogP contribution < -0.4 is 5.32 Å². The van der Waals surface area contributed by atoms with Crippen molar-refractivity contribution in [2.75, 3.05) is 19.7 Å². The first kappa shape index (κ1) is 19.1. The Bertz CT molecular complexity index is 727. The first-order valence-corrected chi connectivity index (χ1v) is 10.3. The van der Waals surface area contributed by atoms with Crippen molar-refractivity contribution in [1.29, 1.82) is 0 Å². The summed E-state index contributed by atoms with van der Waals surface area (Å²) in [5, 5.41) is 2.81. The highest BCUT2D eigenvalue weighted by Crippen LogP contribution is 2.29. The largest absolute Gasteiger partial charge is 0.356 e. The third-order valence-corrected chi connectivity index (χ3v) is 6.35. The first-order chi connectivity index (χ1) is 13.5. The van der Waals surface area contributed by atoms with Gasteiger partial charge in [-0.25, -0.2) is 0 Å². The van der Waals surface area contributed by atoms with E-state index in [1.807, 2.05) is 6.92 Å². The topological polar surface area (TPSA) is 96.0 Å². The number of rotatable bonds is 3. The molecule has 3 atom stereocenters. The van der Waals surface area contributed by atoms with Gasteiger partial charge in [0.2, 0.25) is 11.6 Å². The van der Waals surface area contributed by atoms with E-state index in [0.29, 0.717) is 25.5 Å². The second-order valence-corrected chi connectivity index (χ2v) is 8.26. The summed E-state index contributed by atoms with van der Waals surface area (Å²) in [6.07, 6.45) is 7.31. The van der Waals surface area contributed by atoms with Gasteiger partial charge in [-0.2, -0.15) is 0 Å². The zero-order valence-electron chi connectivity index (χ0n) is 16.2.